The molecule has 1 amide bonds. The zero-order valence-electron chi connectivity index (χ0n) is 13.8. The molecule has 0 bridgehead atoms. The van der Waals surface area contributed by atoms with Gasteiger partial charge >= 0.3 is 5.97 Å². The van der Waals surface area contributed by atoms with Crippen LogP contribution in [0.4, 0.5) is 0 Å². The highest BCUT2D eigenvalue weighted by Gasteiger charge is 2.32. The van der Waals surface area contributed by atoms with E-state index in [0.717, 1.165) is 10.5 Å². The standard InChI is InChI=1S/C18H15ClN2O4S/c1-2-24-16(22)10-21-17(23)14(20-18(21)26)9-13-6-7-15(25-13)11-4-3-5-12(19)8-11/h3-9H,2,10H2,1H3,(H,20,26)/b14-9-. The van der Waals surface area contributed by atoms with Gasteiger partial charge in [0.25, 0.3) is 5.91 Å². The van der Waals surface area contributed by atoms with E-state index in [-0.39, 0.29) is 24.0 Å². The molecule has 1 aliphatic rings. The summed E-state index contributed by atoms with van der Waals surface area (Å²) in [6.45, 7) is 1.70. The first-order valence-corrected chi connectivity index (χ1v) is 8.62. The Morgan fingerprint density at radius 2 is 2.19 bits per heavy atom. The number of carbonyl (C=O) groups excluding carboxylic acids is 2. The summed E-state index contributed by atoms with van der Waals surface area (Å²) < 4.78 is 10.6. The van der Waals surface area contributed by atoms with Crippen LogP contribution in [0.2, 0.25) is 5.02 Å². The van der Waals surface area contributed by atoms with Gasteiger partial charge in [0.05, 0.1) is 6.61 Å². The molecule has 1 aromatic heterocycles. The normalized spacial score (nSPS) is 15.5. The maximum absolute atomic E-state index is 12.4. The first-order chi connectivity index (χ1) is 12.5. The highest BCUT2D eigenvalue weighted by Crippen LogP contribution is 2.26. The Morgan fingerprint density at radius 3 is 2.92 bits per heavy atom. The molecule has 0 aliphatic carbocycles. The Morgan fingerprint density at radius 1 is 1.38 bits per heavy atom. The highest BCUT2D eigenvalue weighted by atomic mass is 35.5. The fraction of sp³-hybridized carbons (Fsp3) is 0.167. The molecule has 2 aromatic rings. The average Bonchev–Trinajstić information content (AvgIpc) is 3.16. The fourth-order valence-electron chi connectivity index (χ4n) is 2.42. The van der Waals surface area contributed by atoms with Gasteiger partial charge in [0.2, 0.25) is 0 Å². The lowest BCUT2D eigenvalue weighted by Gasteiger charge is -2.12. The van der Waals surface area contributed by atoms with E-state index < -0.39 is 11.9 Å². The number of amides is 1. The van der Waals surface area contributed by atoms with Gasteiger partial charge in [-0.1, -0.05) is 23.7 Å². The molecule has 2 heterocycles. The molecular formula is C18H15ClN2O4S. The monoisotopic (exact) mass is 390 g/mol. The molecule has 6 nitrogen and oxygen atoms in total. The third kappa shape index (κ3) is 3.95. The third-order valence-corrected chi connectivity index (χ3v) is 4.13. The summed E-state index contributed by atoms with van der Waals surface area (Å²) in [6, 6.07) is 10.8. The molecule has 8 heteroatoms. The summed E-state index contributed by atoms with van der Waals surface area (Å²) in [5.74, 6) is 0.156. The van der Waals surface area contributed by atoms with E-state index in [9.17, 15) is 9.59 Å². The van der Waals surface area contributed by atoms with Crippen molar-refractivity contribution >= 4 is 46.9 Å². The van der Waals surface area contributed by atoms with E-state index in [2.05, 4.69) is 5.32 Å². The molecule has 1 saturated heterocycles. The fourth-order valence-corrected chi connectivity index (χ4v) is 2.87. The summed E-state index contributed by atoms with van der Waals surface area (Å²) >= 11 is 11.1. The predicted molar refractivity (Wildman–Crippen MR) is 101 cm³/mol. The molecule has 0 radical (unpaired) electrons. The minimum atomic E-state index is -0.521. The number of ether oxygens (including phenoxy) is 1. The molecule has 134 valence electrons. The number of carbonyl (C=O) groups is 2. The van der Waals surface area contributed by atoms with Crippen molar-refractivity contribution in [3.05, 3.63) is 52.9 Å². The number of nitrogens with one attached hydrogen (secondary N) is 1. The van der Waals surface area contributed by atoms with E-state index in [1.165, 1.54) is 6.08 Å². The number of nitrogens with zero attached hydrogens (tertiary/aromatic N) is 1. The maximum Gasteiger partial charge on any atom is 0.326 e. The average molecular weight is 391 g/mol. The number of benzene rings is 1. The second kappa shape index (κ2) is 7.72. The van der Waals surface area contributed by atoms with Gasteiger partial charge in [-0.3, -0.25) is 14.5 Å². The van der Waals surface area contributed by atoms with Gasteiger partial charge in [0.1, 0.15) is 23.8 Å². The number of esters is 1. The topological polar surface area (TPSA) is 71.8 Å². The summed E-state index contributed by atoms with van der Waals surface area (Å²) in [4.78, 5) is 25.2. The van der Waals surface area contributed by atoms with Crippen LogP contribution in [-0.4, -0.2) is 35.0 Å². The van der Waals surface area contributed by atoms with E-state index in [1.807, 2.05) is 12.1 Å². The van der Waals surface area contributed by atoms with Crippen LogP contribution >= 0.6 is 23.8 Å². The smallest absolute Gasteiger partial charge is 0.326 e. The Kier molecular flexibility index (Phi) is 5.39. The number of halogens is 1. The number of hydrogen-bond donors (Lipinski definition) is 1. The van der Waals surface area contributed by atoms with E-state index in [1.54, 1.807) is 31.2 Å². The van der Waals surface area contributed by atoms with Gasteiger partial charge < -0.3 is 14.5 Å². The van der Waals surface area contributed by atoms with Crippen LogP contribution in [0, 0.1) is 0 Å². The second-order valence-corrected chi connectivity index (χ2v) is 6.22. The lowest BCUT2D eigenvalue weighted by molar-refractivity contribution is -0.145. The molecular weight excluding hydrogens is 376 g/mol. The maximum atomic E-state index is 12.4. The largest absolute Gasteiger partial charge is 0.465 e. The van der Waals surface area contributed by atoms with Crippen molar-refractivity contribution in [3.8, 4) is 11.3 Å². The number of furan rings is 1. The zero-order chi connectivity index (χ0) is 18.7. The number of rotatable bonds is 5. The van der Waals surface area contributed by atoms with Crippen LogP contribution < -0.4 is 5.32 Å². The van der Waals surface area contributed by atoms with Crippen molar-refractivity contribution in [2.45, 2.75) is 6.92 Å². The lowest BCUT2D eigenvalue weighted by atomic mass is 10.2. The van der Waals surface area contributed by atoms with Crippen molar-refractivity contribution in [1.29, 1.82) is 0 Å². The van der Waals surface area contributed by atoms with Crippen molar-refractivity contribution in [2.24, 2.45) is 0 Å². The van der Waals surface area contributed by atoms with Crippen molar-refractivity contribution in [1.82, 2.24) is 10.2 Å². The summed E-state index contributed by atoms with van der Waals surface area (Å²) in [5.41, 5.74) is 1.05. The second-order valence-electron chi connectivity index (χ2n) is 5.40. The lowest BCUT2D eigenvalue weighted by Crippen LogP contribution is -2.36. The molecule has 1 aromatic carbocycles. The molecule has 0 spiro atoms. The van der Waals surface area contributed by atoms with Crippen LogP contribution in [0.5, 0.6) is 0 Å². The molecule has 3 rings (SSSR count). The van der Waals surface area contributed by atoms with Gasteiger partial charge in [-0.2, -0.15) is 0 Å². The summed E-state index contributed by atoms with van der Waals surface area (Å²) in [6.07, 6.45) is 1.54. The first-order valence-electron chi connectivity index (χ1n) is 7.84. The van der Waals surface area contributed by atoms with Gasteiger partial charge in [0.15, 0.2) is 5.11 Å². The summed E-state index contributed by atoms with van der Waals surface area (Å²) in [7, 11) is 0. The Hall–Kier alpha value is -2.64. The van der Waals surface area contributed by atoms with Crippen LogP contribution in [-0.2, 0) is 14.3 Å². The quantitative estimate of drug-likeness (QED) is 0.480. The molecule has 0 unspecified atom stereocenters. The van der Waals surface area contributed by atoms with Crippen LogP contribution in [0.1, 0.15) is 12.7 Å². The highest BCUT2D eigenvalue weighted by molar-refractivity contribution is 7.80. The van der Waals surface area contributed by atoms with E-state index >= 15 is 0 Å². The van der Waals surface area contributed by atoms with Crippen molar-refractivity contribution in [2.75, 3.05) is 13.2 Å². The molecule has 26 heavy (non-hydrogen) atoms. The minimum Gasteiger partial charge on any atom is -0.465 e. The van der Waals surface area contributed by atoms with Crippen molar-refractivity contribution in [3.63, 3.8) is 0 Å². The molecule has 0 atom stereocenters. The summed E-state index contributed by atoms with van der Waals surface area (Å²) in [5, 5.41) is 3.54. The number of hydrogen-bond acceptors (Lipinski definition) is 5. The predicted octanol–water partition coefficient (Wildman–Crippen LogP) is 3.22. The van der Waals surface area contributed by atoms with E-state index in [4.69, 9.17) is 33.0 Å². The van der Waals surface area contributed by atoms with Crippen LogP contribution in [0.3, 0.4) is 0 Å². The van der Waals surface area contributed by atoms with Gasteiger partial charge in [-0.05, 0) is 43.4 Å². The van der Waals surface area contributed by atoms with Crippen molar-refractivity contribution < 1.29 is 18.7 Å². The van der Waals surface area contributed by atoms with Crippen LogP contribution in [0.25, 0.3) is 17.4 Å². The van der Waals surface area contributed by atoms with E-state index in [0.29, 0.717) is 16.5 Å². The zero-order valence-corrected chi connectivity index (χ0v) is 15.4. The van der Waals surface area contributed by atoms with Gasteiger partial charge in [-0.25, -0.2) is 0 Å². The molecule has 0 saturated carbocycles. The first kappa shape index (κ1) is 18.2. The molecule has 1 aliphatic heterocycles. The SMILES string of the molecule is CCOC(=O)CN1C(=O)/C(=C/c2ccc(-c3cccc(Cl)c3)o2)NC1=S. The minimum absolute atomic E-state index is 0.149. The third-order valence-electron chi connectivity index (χ3n) is 3.58. The molecule has 1 fully saturated rings. The number of thiocarbonyl (C=S) groups is 1. The van der Waals surface area contributed by atoms with Gasteiger partial charge in [0, 0.05) is 16.7 Å². The Labute approximate surface area is 160 Å². The van der Waals surface area contributed by atoms with Gasteiger partial charge in [-0.15, -0.1) is 0 Å². The molecule has 1 N–H and O–H groups in total. The Balaban J connectivity index is 1.77. The van der Waals surface area contributed by atoms with Crippen LogP contribution in [0.15, 0.2) is 46.5 Å². The Bertz CT molecular complexity index is 906.